The van der Waals surface area contributed by atoms with Crippen LogP contribution in [0.1, 0.15) is 11.7 Å². The Hall–Kier alpha value is -0.980. The quantitative estimate of drug-likeness (QED) is 0.607. The van der Waals surface area contributed by atoms with Gasteiger partial charge in [0.25, 0.3) is 0 Å². The average Bonchev–Trinajstić information content (AvgIpc) is 2.10. The van der Waals surface area contributed by atoms with Gasteiger partial charge in [-0.3, -0.25) is 0 Å². The van der Waals surface area contributed by atoms with E-state index in [0.717, 1.165) is 0 Å². The first-order valence-electron chi connectivity index (χ1n) is 2.69. The van der Waals surface area contributed by atoms with Crippen LogP contribution in [0.2, 0.25) is 0 Å². The van der Waals surface area contributed by atoms with Gasteiger partial charge in [0.15, 0.2) is 5.82 Å². The predicted molar refractivity (Wildman–Crippen MR) is 32.8 cm³/mol. The largest absolute Gasteiger partial charge is 0.340 e. The molecule has 0 fully saturated rings. The number of hydrogen-bond acceptors (Lipinski definition) is 5. The van der Waals surface area contributed by atoms with E-state index in [0.29, 0.717) is 0 Å². The van der Waals surface area contributed by atoms with Gasteiger partial charge in [0.05, 0.1) is 0 Å². The van der Waals surface area contributed by atoms with Crippen LogP contribution in [0.15, 0.2) is 4.52 Å². The number of rotatable bonds is 2. The fourth-order valence-corrected chi connectivity index (χ4v) is 0.980. The van der Waals surface area contributed by atoms with Crippen LogP contribution in [0.3, 0.4) is 0 Å². The molecule has 0 aliphatic heterocycles. The van der Waals surface area contributed by atoms with Gasteiger partial charge in [-0.15, -0.1) is 3.89 Å². The van der Waals surface area contributed by atoms with E-state index in [1.165, 1.54) is 6.92 Å². The summed E-state index contributed by atoms with van der Waals surface area (Å²) >= 11 is 0. The van der Waals surface area contributed by atoms with Crippen LogP contribution in [-0.2, 0) is 16.0 Å². The first-order chi connectivity index (χ1) is 4.97. The second-order valence-corrected chi connectivity index (χ2v) is 3.28. The molecule has 0 unspecified atom stereocenters. The standard InChI is InChI=1S/C4H5FN2O3S/c1-3-6-4(7-10-3)2-11(5,8)9/h2H2,1H3. The monoisotopic (exact) mass is 180 g/mol. The fraction of sp³-hybridized carbons (Fsp3) is 0.500. The van der Waals surface area contributed by atoms with Crippen LogP contribution in [0.4, 0.5) is 3.89 Å². The number of aryl methyl sites for hydroxylation is 1. The Labute approximate surface area is 62.4 Å². The molecular formula is C4H5FN2O3S. The summed E-state index contributed by atoms with van der Waals surface area (Å²) in [7, 11) is -4.55. The van der Waals surface area contributed by atoms with Gasteiger partial charge >= 0.3 is 10.2 Å². The molecule has 0 aromatic carbocycles. The van der Waals surface area contributed by atoms with E-state index in [1.54, 1.807) is 0 Å². The van der Waals surface area contributed by atoms with Gasteiger partial charge in [-0.05, 0) is 0 Å². The maximum atomic E-state index is 11.9. The van der Waals surface area contributed by atoms with E-state index in [-0.39, 0.29) is 11.7 Å². The molecule has 0 radical (unpaired) electrons. The summed E-state index contributed by atoms with van der Waals surface area (Å²) in [6.07, 6.45) is 0. The summed E-state index contributed by atoms with van der Waals surface area (Å²) in [6, 6.07) is 0. The fourth-order valence-electron chi connectivity index (χ4n) is 0.554. The van der Waals surface area contributed by atoms with Gasteiger partial charge in [0.1, 0.15) is 5.75 Å². The highest BCUT2D eigenvalue weighted by Gasteiger charge is 2.13. The summed E-state index contributed by atoms with van der Waals surface area (Å²) in [5, 5.41) is 3.20. The lowest BCUT2D eigenvalue weighted by Crippen LogP contribution is -1.97. The third-order valence-electron chi connectivity index (χ3n) is 0.871. The van der Waals surface area contributed by atoms with Gasteiger partial charge in [0, 0.05) is 6.92 Å². The smallest absolute Gasteiger partial charge is 0.309 e. The highest BCUT2D eigenvalue weighted by molar-refractivity contribution is 7.85. The first kappa shape index (κ1) is 8.12. The molecule has 0 aliphatic rings. The molecule has 0 amide bonds. The molecule has 0 atom stereocenters. The van der Waals surface area contributed by atoms with E-state index in [2.05, 4.69) is 14.7 Å². The van der Waals surface area contributed by atoms with Crippen molar-refractivity contribution in [1.82, 2.24) is 10.1 Å². The first-order valence-corrected chi connectivity index (χ1v) is 4.24. The van der Waals surface area contributed by atoms with Crippen LogP contribution in [0.25, 0.3) is 0 Å². The molecule has 62 valence electrons. The third kappa shape index (κ3) is 2.62. The van der Waals surface area contributed by atoms with Crippen molar-refractivity contribution >= 4 is 10.2 Å². The summed E-state index contributed by atoms with van der Waals surface area (Å²) in [5.41, 5.74) is 0. The van der Waals surface area contributed by atoms with Crippen LogP contribution < -0.4 is 0 Å². The van der Waals surface area contributed by atoms with E-state index >= 15 is 0 Å². The molecule has 1 aromatic heterocycles. The molecule has 0 spiro atoms. The molecule has 0 saturated carbocycles. The molecule has 0 saturated heterocycles. The Kier molecular flexibility index (Phi) is 1.90. The van der Waals surface area contributed by atoms with Gasteiger partial charge < -0.3 is 4.52 Å². The van der Waals surface area contributed by atoms with Crippen molar-refractivity contribution in [3.63, 3.8) is 0 Å². The maximum Gasteiger partial charge on any atom is 0.309 e. The van der Waals surface area contributed by atoms with Crippen molar-refractivity contribution in [3.8, 4) is 0 Å². The second-order valence-electron chi connectivity index (χ2n) is 1.91. The zero-order valence-electron chi connectivity index (χ0n) is 5.61. The SMILES string of the molecule is Cc1nc(CS(=O)(=O)F)no1. The number of aromatic nitrogens is 2. The highest BCUT2D eigenvalue weighted by Crippen LogP contribution is 2.02. The lowest BCUT2D eigenvalue weighted by Gasteiger charge is -1.83. The summed E-state index contributed by atoms with van der Waals surface area (Å²) in [4.78, 5) is 3.50. The van der Waals surface area contributed by atoms with E-state index in [9.17, 15) is 12.3 Å². The zero-order valence-corrected chi connectivity index (χ0v) is 6.43. The van der Waals surface area contributed by atoms with Crippen LogP contribution in [-0.4, -0.2) is 18.6 Å². The van der Waals surface area contributed by atoms with Gasteiger partial charge in [-0.2, -0.15) is 13.4 Å². The minimum Gasteiger partial charge on any atom is -0.340 e. The predicted octanol–water partition coefficient (Wildman–Crippen LogP) is 0.177. The molecule has 11 heavy (non-hydrogen) atoms. The van der Waals surface area contributed by atoms with Gasteiger partial charge in [-0.1, -0.05) is 5.16 Å². The summed E-state index contributed by atoms with van der Waals surface area (Å²) in [5.74, 6) is -0.779. The van der Waals surface area contributed by atoms with Crippen LogP contribution in [0, 0.1) is 6.92 Å². The lowest BCUT2D eigenvalue weighted by molar-refractivity contribution is 0.388. The molecule has 0 aliphatic carbocycles. The molecule has 1 heterocycles. The van der Waals surface area contributed by atoms with E-state index in [1.807, 2.05) is 0 Å². The van der Waals surface area contributed by atoms with Gasteiger partial charge in [0.2, 0.25) is 5.89 Å². The van der Waals surface area contributed by atoms with Crippen molar-refractivity contribution in [2.24, 2.45) is 0 Å². The van der Waals surface area contributed by atoms with Crippen molar-refractivity contribution in [2.75, 3.05) is 0 Å². The summed E-state index contributed by atoms with van der Waals surface area (Å²) in [6.45, 7) is 1.49. The molecule has 1 aromatic rings. The minimum absolute atomic E-state index is 0.162. The van der Waals surface area contributed by atoms with Crippen LogP contribution >= 0.6 is 0 Å². The van der Waals surface area contributed by atoms with Crippen molar-refractivity contribution < 1.29 is 16.8 Å². The van der Waals surface area contributed by atoms with Crippen molar-refractivity contribution in [2.45, 2.75) is 12.7 Å². The topological polar surface area (TPSA) is 73.1 Å². The molecule has 0 N–H and O–H groups in total. The normalized spacial score (nSPS) is 11.8. The Balaban J connectivity index is 2.81. The second kappa shape index (κ2) is 2.57. The lowest BCUT2D eigenvalue weighted by atomic mass is 10.7. The molecule has 5 nitrogen and oxygen atoms in total. The van der Waals surface area contributed by atoms with Gasteiger partial charge in [-0.25, -0.2) is 0 Å². The number of nitrogens with zero attached hydrogens (tertiary/aromatic N) is 2. The molecule has 7 heteroatoms. The number of halogens is 1. The average molecular weight is 180 g/mol. The molecule has 0 bridgehead atoms. The maximum absolute atomic E-state index is 11.9. The van der Waals surface area contributed by atoms with Crippen LogP contribution in [0.5, 0.6) is 0 Å². The number of hydrogen-bond donors (Lipinski definition) is 0. The third-order valence-corrected chi connectivity index (χ3v) is 1.47. The summed E-state index contributed by atoms with van der Waals surface area (Å²) < 4.78 is 36.4. The Morgan fingerprint density at radius 2 is 2.27 bits per heavy atom. The minimum atomic E-state index is -4.55. The Bertz CT molecular complexity index is 344. The van der Waals surface area contributed by atoms with E-state index < -0.39 is 16.0 Å². The molecular weight excluding hydrogens is 175 g/mol. The Morgan fingerprint density at radius 1 is 1.64 bits per heavy atom. The molecule has 1 rings (SSSR count). The highest BCUT2D eigenvalue weighted by atomic mass is 32.3. The zero-order chi connectivity index (χ0) is 8.48. The van der Waals surface area contributed by atoms with Crippen molar-refractivity contribution in [3.05, 3.63) is 11.7 Å². The Morgan fingerprint density at radius 3 is 2.64 bits per heavy atom. The van der Waals surface area contributed by atoms with E-state index in [4.69, 9.17) is 0 Å². The van der Waals surface area contributed by atoms with Crippen molar-refractivity contribution in [1.29, 1.82) is 0 Å².